The number of anilines is 1. The standard InChI is InChI=1S/C19H17ClN2O3S/c1-24-15-6-8-16(9-7-15)25-12-18(23)22-19-21-11-17(26-19)10-13-2-4-14(20)5-3-13/h2-9,11H,10,12H2,1H3,(H,21,22,23). The van der Waals surface area contributed by atoms with Crippen LogP contribution in [0.25, 0.3) is 0 Å². The van der Waals surface area contributed by atoms with Crippen LogP contribution in [-0.4, -0.2) is 24.6 Å². The van der Waals surface area contributed by atoms with E-state index in [9.17, 15) is 4.79 Å². The molecule has 0 fully saturated rings. The molecule has 0 aliphatic rings. The summed E-state index contributed by atoms with van der Waals surface area (Å²) in [6, 6.07) is 14.7. The predicted octanol–water partition coefficient (Wildman–Crippen LogP) is 4.41. The minimum Gasteiger partial charge on any atom is -0.497 e. The zero-order chi connectivity index (χ0) is 18.4. The molecule has 1 N–H and O–H groups in total. The van der Waals surface area contributed by atoms with Crippen molar-refractivity contribution in [3.8, 4) is 11.5 Å². The first-order chi connectivity index (χ1) is 12.6. The summed E-state index contributed by atoms with van der Waals surface area (Å²) in [6.45, 7) is -0.0849. The molecule has 0 aliphatic heterocycles. The lowest BCUT2D eigenvalue weighted by atomic mass is 10.1. The summed E-state index contributed by atoms with van der Waals surface area (Å²) >= 11 is 7.33. The normalized spacial score (nSPS) is 10.4. The quantitative estimate of drug-likeness (QED) is 0.651. The van der Waals surface area contributed by atoms with Gasteiger partial charge >= 0.3 is 0 Å². The van der Waals surface area contributed by atoms with E-state index in [1.165, 1.54) is 11.3 Å². The smallest absolute Gasteiger partial charge is 0.264 e. The fourth-order valence-corrected chi connectivity index (χ4v) is 3.22. The van der Waals surface area contributed by atoms with Gasteiger partial charge in [0.05, 0.1) is 7.11 Å². The van der Waals surface area contributed by atoms with Crippen molar-refractivity contribution in [2.24, 2.45) is 0 Å². The Morgan fingerprint density at radius 2 is 1.81 bits per heavy atom. The van der Waals surface area contributed by atoms with Crippen molar-refractivity contribution in [2.75, 3.05) is 19.0 Å². The molecular formula is C19H17ClN2O3S. The van der Waals surface area contributed by atoms with E-state index in [1.807, 2.05) is 24.3 Å². The molecule has 26 heavy (non-hydrogen) atoms. The summed E-state index contributed by atoms with van der Waals surface area (Å²) in [5.74, 6) is 1.08. The van der Waals surface area contributed by atoms with Crippen molar-refractivity contribution in [3.63, 3.8) is 0 Å². The van der Waals surface area contributed by atoms with E-state index < -0.39 is 0 Å². The Kier molecular flexibility index (Phi) is 6.09. The summed E-state index contributed by atoms with van der Waals surface area (Å²) in [5.41, 5.74) is 1.14. The molecule has 0 spiro atoms. The highest BCUT2D eigenvalue weighted by atomic mass is 35.5. The van der Waals surface area contributed by atoms with E-state index in [0.29, 0.717) is 15.9 Å². The number of aromatic nitrogens is 1. The number of nitrogens with zero attached hydrogens (tertiary/aromatic N) is 1. The number of nitrogens with one attached hydrogen (secondary N) is 1. The number of rotatable bonds is 7. The Labute approximate surface area is 160 Å². The largest absolute Gasteiger partial charge is 0.497 e. The molecule has 7 heteroatoms. The van der Waals surface area contributed by atoms with Crippen LogP contribution >= 0.6 is 22.9 Å². The molecule has 0 saturated heterocycles. The summed E-state index contributed by atoms with van der Waals surface area (Å²) in [7, 11) is 1.60. The topological polar surface area (TPSA) is 60.5 Å². The highest BCUT2D eigenvalue weighted by molar-refractivity contribution is 7.15. The molecule has 2 aromatic carbocycles. The molecule has 3 rings (SSSR count). The van der Waals surface area contributed by atoms with Gasteiger partial charge in [-0.05, 0) is 42.0 Å². The van der Waals surface area contributed by atoms with Gasteiger partial charge in [0.15, 0.2) is 11.7 Å². The van der Waals surface area contributed by atoms with Gasteiger partial charge < -0.3 is 9.47 Å². The maximum Gasteiger partial charge on any atom is 0.264 e. The number of thiazole rings is 1. The third kappa shape index (κ3) is 5.21. The van der Waals surface area contributed by atoms with Gasteiger partial charge in [-0.1, -0.05) is 23.7 Å². The minimum atomic E-state index is -0.256. The third-order valence-corrected chi connectivity index (χ3v) is 4.69. The van der Waals surface area contributed by atoms with Crippen LogP contribution in [0.3, 0.4) is 0 Å². The zero-order valence-corrected chi connectivity index (χ0v) is 15.6. The molecule has 1 heterocycles. The number of ether oxygens (including phenoxy) is 2. The average Bonchev–Trinajstić information content (AvgIpc) is 3.09. The lowest BCUT2D eigenvalue weighted by Gasteiger charge is -2.06. The number of carbonyl (C=O) groups excluding carboxylic acids is 1. The monoisotopic (exact) mass is 388 g/mol. The first-order valence-corrected chi connectivity index (χ1v) is 9.07. The van der Waals surface area contributed by atoms with Crippen molar-refractivity contribution in [1.82, 2.24) is 4.98 Å². The Hall–Kier alpha value is -2.57. The van der Waals surface area contributed by atoms with Gasteiger partial charge in [0.1, 0.15) is 11.5 Å². The van der Waals surface area contributed by atoms with E-state index in [1.54, 1.807) is 37.6 Å². The molecule has 0 radical (unpaired) electrons. The summed E-state index contributed by atoms with van der Waals surface area (Å²) in [4.78, 5) is 17.3. The van der Waals surface area contributed by atoms with E-state index >= 15 is 0 Å². The first kappa shape index (κ1) is 18.2. The van der Waals surface area contributed by atoms with Crippen LogP contribution in [0.2, 0.25) is 5.02 Å². The molecule has 0 atom stereocenters. The van der Waals surface area contributed by atoms with Crippen LogP contribution in [0.1, 0.15) is 10.4 Å². The summed E-state index contributed by atoms with van der Waals surface area (Å²) < 4.78 is 10.5. The van der Waals surface area contributed by atoms with Crippen molar-refractivity contribution in [1.29, 1.82) is 0 Å². The van der Waals surface area contributed by atoms with Crippen molar-refractivity contribution < 1.29 is 14.3 Å². The van der Waals surface area contributed by atoms with Crippen LogP contribution in [0.15, 0.2) is 54.7 Å². The van der Waals surface area contributed by atoms with E-state index in [4.69, 9.17) is 21.1 Å². The first-order valence-electron chi connectivity index (χ1n) is 7.88. The molecule has 3 aromatic rings. The average molecular weight is 389 g/mol. The van der Waals surface area contributed by atoms with Crippen molar-refractivity contribution in [2.45, 2.75) is 6.42 Å². The summed E-state index contributed by atoms with van der Waals surface area (Å²) in [5, 5.41) is 4.01. The second-order valence-electron chi connectivity index (χ2n) is 5.45. The number of methoxy groups -OCH3 is 1. The summed E-state index contributed by atoms with van der Waals surface area (Å²) in [6.07, 6.45) is 2.51. The molecule has 0 unspecified atom stereocenters. The van der Waals surface area contributed by atoms with Crippen molar-refractivity contribution >= 4 is 34.0 Å². The minimum absolute atomic E-state index is 0.0849. The molecular weight excluding hydrogens is 372 g/mol. The van der Waals surface area contributed by atoms with Gasteiger partial charge in [-0.2, -0.15) is 0 Å². The zero-order valence-electron chi connectivity index (χ0n) is 14.1. The number of halogens is 1. The van der Waals surface area contributed by atoms with E-state index in [-0.39, 0.29) is 12.5 Å². The van der Waals surface area contributed by atoms with Gasteiger partial charge in [-0.3, -0.25) is 10.1 Å². The van der Waals surface area contributed by atoms with Crippen LogP contribution in [0, 0.1) is 0 Å². The Morgan fingerprint density at radius 1 is 1.12 bits per heavy atom. The van der Waals surface area contributed by atoms with Crippen LogP contribution in [0.4, 0.5) is 5.13 Å². The fourth-order valence-electron chi connectivity index (χ4n) is 2.23. The number of amides is 1. The highest BCUT2D eigenvalue weighted by Crippen LogP contribution is 2.22. The van der Waals surface area contributed by atoms with Crippen LogP contribution < -0.4 is 14.8 Å². The Bertz CT molecular complexity index is 863. The second kappa shape index (κ2) is 8.69. The molecule has 0 bridgehead atoms. The lowest BCUT2D eigenvalue weighted by Crippen LogP contribution is -2.19. The number of hydrogen-bond donors (Lipinski definition) is 1. The van der Waals surface area contributed by atoms with Gasteiger partial charge in [-0.25, -0.2) is 4.98 Å². The fraction of sp³-hybridized carbons (Fsp3) is 0.158. The van der Waals surface area contributed by atoms with Crippen molar-refractivity contribution in [3.05, 3.63) is 70.2 Å². The van der Waals surface area contributed by atoms with Gasteiger partial charge in [0.25, 0.3) is 5.91 Å². The molecule has 134 valence electrons. The number of carbonyl (C=O) groups is 1. The van der Waals surface area contributed by atoms with Gasteiger partial charge in [-0.15, -0.1) is 11.3 Å². The van der Waals surface area contributed by atoms with Gasteiger partial charge in [0.2, 0.25) is 0 Å². The maximum absolute atomic E-state index is 12.0. The molecule has 0 aliphatic carbocycles. The Morgan fingerprint density at radius 3 is 2.50 bits per heavy atom. The van der Waals surface area contributed by atoms with Crippen LogP contribution in [-0.2, 0) is 11.2 Å². The van der Waals surface area contributed by atoms with Gasteiger partial charge in [0, 0.05) is 22.5 Å². The number of hydrogen-bond acceptors (Lipinski definition) is 5. The van der Waals surface area contributed by atoms with E-state index in [0.717, 1.165) is 22.6 Å². The third-order valence-electron chi connectivity index (χ3n) is 3.52. The second-order valence-corrected chi connectivity index (χ2v) is 7.00. The van der Waals surface area contributed by atoms with Crippen LogP contribution in [0.5, 0.6) is 11.5 Å². The molecule has 1 amide bonds. The number of benzene rings is 2. The SMILES string of the molecule is COc1ccc(OCC(=O)Nc2ncc(Cc3ccc(Cl)cc3)s2)cc1. The Balaban J connectivity index is 1.49. The maximum atomic E-state index is 12.0. The molecule has 0 saturated carbocycles. The molecule has 1 aromatic heterocycles. The molecule has 5 nitrogen and oxygen atoms in total. The predicted molar refractivity (Wildman–Crippen MR) is 103 cm³/mol. The lowest BCUT2D eigenvalue weighted by molar-refractivity contribution is -0.118. The van der Waals surface area contributed by atoms with E-state index in [2.05, 4.69) is 10.3 Å². The highest BCUT2D eigenvalue weighted by Gasteiger charge is 2.08.